The van der Waals surface area contributed by atoms with Gasteiger partial charge in [-0.3, -0.25) is 9.78 Å². The highest BCUT2D eigenvalue weighted by atomic mass is 16.3. The Morgan fingerprint density at radius 3 is 2.93 bits per heavy atom. The van der Waals surface area contributed by atoms with Crippen molar-refractivity contribution in [2.75, 3.05) is 6.54 Å². The zero-order valence-electron chi connectivity index (χ0n) is 16.0. The average molecular weight is 386 g/mol. The Bertz CT molecular complexity index is 1130. The number of aromatic amines is 1. The van der Waals surface area contributed by atoms with Crippen molar-refractivity contribution in [3.8, 4) is 0 Å². The van der Waals surface area contributed by atoms with Crippen molar-refractivity contribution >= 4 is 16.8 Å². The molecule has 1 aromatic carbocycles. The Morgan fingerprint density at radius 2 is 2.10 bits per heavy atom. The highest BCUT2D eigenvalue weighted by Crippen LogP contribution is 2.41. The lowest BCUT2D eigenvalue weighted by atomic mass is 10.1. The van der Waals surface area contributed by atoms with Crippen molar-refractivity contribution in [2.45, 2.75) is 31.7 Å². The predicted molar refractivity (Wildman–Crippen MR) is 109 cm³/mol. The minimum absolute atomic E-state index is 0.0793. The van der Waals surface area contributed by atoms with Crippen molar-refractivity contribution in [1.29, 1.82) is 0 Å². The molecule has 3 aromatic heterocycles. The van der Waals surface area contributed by atoms with Crippen LogP contribution in [-0.2, 0) is 13.0 Å². The number of rotatable bonds is 7. The number of benzene rings is 1. The molecule has 146 valence electrons. The summed E-state index contributed by atoms with van der Waals surface area (Å²) in [5.74, 6) is 0.993. The lowest BCUT2D eigenvalue weighted by Gasteiger charge is -2.22. The third kappa shape index (κ3) is 3.66. The average Bonchev–Trinajstić information content (AvgIpc) is 3.34. The number of fused-ring (bicyclic) bond motifs is 1. The minimum Gasteiger partial charge on any atom is -0.447 e. The number of oxazole rings is 1. The molecule has 1 amide bonds. The van der Waals surface area contributed by atoms with E-state index in [1.54, 1.807) is 12.4 Å². The number of amides is 1. The molecule has 4 aromatic rings. The number of para-hydroxylation sites is 1. The van der Waals surface area contributed by atoms with Gasteiger partial charge in [0, 0.05) is 48.5 Å². The Morgan fingerprint density at radius 1 is 1.21 bits per heavy atom. The number of carbonyl (C=O) groups excluding carboxylic acids is 1. The third-order valence-electron chi connectivity index (χ3n) is 5.46. The third-order valence-corrected chi connectivity index (χ3v) is 5.46. The van der Waals surface area contributed by atoms with Gasteiger partial charge in [0.05, 0.1) is 0 Å². The molecule has 1 aliphatic carbocycles. The van der Waals surface area contributed by atoms with Gasteiger partial charge in [-0.25, -0.2) is 4.98 Å². The van der Waals surface area contributed by atoms with Crippen molar-refractivity contribution in [1.82, 2.24) is 19.9 Å². The maximum atomic E-state index is 13.4. The van der Waals surface area contributed by atoms with Gasteiger partial charge >= 0.3 is 0 Å². The first kappa shape index (κ1) is 17.7. The van der Waals surface area contributed by atoms with Crippen LogP contribution in [0.4, 0.5) is 0 Å². The van der Waals surface area contributed by atoms with Crippen molar-refractivity contribution < 1.29 is 9.21 Å². The minimum atomic E-state index is -0.0793. The standard InChI is InChI=1S/C23H22N4O2/c28-23(21-22(17-7-8-17)29-15-26-21)27(14-16-4-3-10-24-12-16)11-9-18-13-25-20-6-2-1-5-19(18)20/h1-6,10,12-13,15,17,25H,7-9,11,14H2. The fraction of sp³-hybridized carbons (Fsp3) is 0.261. The molecule has 6 heteroatoms. The fourth-order valence-electron chi connectivity index (χ4n) is 3.76. The fourth-order valence-corrected chi connectivity index (χ4v) is 3.76. The molecule has 29 heavy (non-hydrogen) atoms. The zero-order chi connectivity index (χ0) is 19.6. The molecule has 0 bridgehead atoms. The van der Waals surface area contributed by atoms with Crippen LogP contribution in [0.2, 0.25) is 0 Å². The molecule has 1 fully saturated rings. The van der Waals surface area contributed by atoms with E-state index < -0.39 is 0 Å². The molecule has 6 nitrogen and oxygen atoms in total. The Balaban J connectivity index is 1.40. The summed E-state index contributed by atoms with van der Waals surface area (Å²) in [5.41, 5.74) is 3.76. The molecule has 1 saturated carbocycles. The normalized spacial score (nSPS) is 13.7. The summed E-state index contributed by atoms with van der Waals surface area (Å²) in [6.45, 7) is 1.08. The molecule has 3 heterocycles. The molecular formula is C23H22N4O2. The van der Waals surface area contributed by atoms with Gasteiger partial charge in [0.1, 0.15) is 5.76 Å². The Hall–Kier alpha value is -3.41. The summed E-state index contributed by atoms with van der Waals surface area (Å²) in [6, 6.07) is 12.1. The highest BCUT2D eigenvalue weighted by molar-refractivity contribution is 5.93. The van der Waals surface area contributed by atoms with Crippen molar-refractivity contribution in [2.24, 2.45) is 0 Å². The molecule has 0 atom stereocenters. The number of nitrogens with one attached hydrogen (secondary N) is 1. The van der Waals surface area contributed by atoms with E-state index in [0.717, 1.165) is 36.1 Å². The monoisotopic (exact) mass is 386 g/mol. The smallest absolute Gasteiger partial charge is 0.276 e. The van der Waals surface area contributed by atoms with E-state index in [4.69, 9.17) is 4.42 Å². The maximum Gasteiger partial charge on any atom is 0.276 e. The van der Waals surface area contributed by atoms with Gasteiger partial charge in [-0.15, -0.1) is 0 Å². The highest BCUT2D eigenvalue weighted by Gasteiger charge is 2.34. The van der Waals surface area contributed by atoms with Crippen LogP contribution in [0, 0.1) is 0 Å². The molecule has 1 aliphatic rings. The van der Waals surface area contributed by atoms with Crippen LogP contribution in [0.25, 0.3) is 10.9 Å². The van der Waals surface area contributed by atoms with E-state index >= 15 is 0 Å². The zero-order valence-corrected chi connectivity index (χ0v) is 16.0. The van der Waals surface area contributed by atoms with Crippen LogP contribution in [0.1, 0.15) is 46.1 Å². The number of pyridine rings is 1. The van der Waals surface area contributed by atoms with Gasteiger partial charge in [0.2, 0.25) is 0 Å². The second-order valence-corrected chi connectivity index (χ2v) is 7.54. The molecule has 0 saturated heterocycles. The van der Waals surface area contributed by atoms with Crippen LogP contribution in [0.3, 0.4) is 0 Å². The quantitative estimate of drug-likeness (QED) is 0.513. The van der Waals surface area contributed by atoms with Crippen LogP contribution in [-0.4, -0.2) is 32.3 Å². The summed E-state index contributed by atoms with van der Waals surface area (Å²) in [5, 5.41) is 1.20. The van der Waals surface area contributed by atoms with Crippen LogP contribution in [0.5, 0.6) is 0 Å². The molecular weight excluding hydrogens is 364 g/mol. The molecule has 0 aliphatic heterocycles. The van der Waals surface area contributed by atoms with E-state index in [1.807, 2.05) is 35.4 Å². The lowest BCUT2D eigenvalue weighted by molar-refractivity contribution is 0.0737. The van der Waals surface area contributed by atoms with Crippen LogP contribution >= 0.6 is 0 Å². The summed E-state index contributed by atoms with van der Waals surface area (Å²) in [7, 11) is 0. The van der Waals surface area contributed by atoms with E-state index in [1.165, 1.54) is 17.3 Å². The first-order valence-electron chi connectivity index (χ1n) is 9.96. The second-order valence-electron chi connectivity index (χ2n) is 7.54. The number of hydrogen-bond donors (Lipinski definition) is 1. The summed E-state index contributed by atoms with van der Waals surface area (Å²) in [6.07, 6.45) is 9.85. The van der Waals surface area contributed by atoms with Gasteiger partial charge in [-0.05, 0) is 42.5 Å². The van der Waals surface area contributed by atoms with E-state index in [-0.39, 0.29) is 5.91 Å². The van der Waals surface area contributed by atoms with Gasteiger partial charge in [-0.2, -0.15) is 0 Å². The van der Waals surface area contributed by atoms with Gasteiger partial charge in [0.25, 0.3) is 5.91 Å². The van der Waals surface area contributed by atoms with Crippen LogP contribution < -0.4 is 0 Å². The summed E-state index contributed by atoms with van der Waals surface area (Å²) >= 11 is 0. The van der Waals surface area contributed by atoms with Gasteiger partial charge in [-0.1, -0.05) is 24.3 Å². The lowest BCUT2D eigenvalue weighted by Crippen LogP contribution is -2.33. The summed E-state index contributed by atoms with van der Waals surface area (Å²) < 4.78 is 5.54. The molecule has 0 unspecified atom stereocenters. The van der Waals surface area contributed by atoms with Crippen LogP contribution in [0.15, 0.2) is 65.8 Å². The van der Waals surface area contributed by atoms with Crippen molar-refractivity contribution in [3.05, 3.63) is 84.0 Å². The number of hydrogen-bond acceptors (Lipinski definition) is 4. The molecule has 0 radical (unpaired) electrons. The maximum absolute atomic E-state index is 13.4. The second kappa shape index (κ2) is 7.54. The molecule has 1 N–H and O–H groups in total. The first-order valence-corrected chi connectivity index (χ1v) is 9.96. The largest absolute Gasteiger partial charge is 0.447 e. The molecule has 5 rings (SSSR count). The van der Waals surface area contributed by atoms with E-state index in [0.29, 0.717) is 24.7 Å². The molecule has 0 spiro atoms. The van der Waals surface area contributed by atoms with E-state index in [9.17, 15) is 4.79 Å². The topological polar surface area (TPSA) is 75.0 Å². The Labute approximate surface area is 168 Å². The first-order chi connectivity index (χ1) is 14.3. The number of carbonyl (C=O) groups is 1. The number of H-pyrrole nitrogens is 1. The van der Waals surface area contributed by atoms with Crippen molar-refractivity contribution in [3.63, 3.8) is 0 Å². The Kier molecular flexibility index (Phi) is 4.60. The predicted octanol–water partition coefficient (Wildman–Crippen LogP) is 4.31. The van der Waals surface area contributed by atoms with Gasteiger partial charge < -0.3 is 14.3 Å². The van der Waals surface area contributed by atoms with E-state index in [2.05, 4.69) is 27.1 Å². The van der Waals surface area contributed by atoms with Gasteiger partial charge in [0.15, 0.2) is 12.1 Å². The number of nitrogens with zero attached hydrogens (tertiary/aromatic N) is 3. The SMILES string of the molecule is O=C(c1ncoc1C1CC1)N(CCc1c[nH]c2ccccc12)Cc1cccnc1. The summed E-state index contributed by atoms with van der Waals surface area (Å²) in [4.78, 5) is 27.0. The number of aromatic nitrogens is 3.